The van der Waals surface area contributed by atoms with Crippen molar-refractivity contribution in [3.05, 3.63) is 22.2 Å². The number of hydrogen-bond acceptors (Lipinski definition) is 3. The Kier molecular flexibility index (Phi) is 5.66. The molecule has 1 atom stereocenters. The highest BCUT2D eigenvalue weighted by Gasteiger charge is 2.21. The van der Waals surface area contributed by atoms with Gasteiger partial charge in [-0.1, -0.05) is 20.3 Å². The number of rotatable bonds is 6. The molecule has 1 aromatic carbocycles. The number of hydrogen-bond donors (Lipinski definition) is 0. The van der Waals surface area contributed by atoms with Crippen molar-refractivity contribution in [2.75, 3.05) is 14.2 Å². The fraction of sp³-hybridized carbons (Fsp3) is 0.500. The minimum absolute atomic E-state index is 0.00388. The first-order valence-electron chi connectivity index (χ1n) is 6.01. The van der Waals surface area contributed by atoms with Crippen molar-refractivity contribution < 1.29 is 14.3 Å². The molecular formula is C14H19BrO3. The average molecular weight is 315 g/mol. The maximum Gasteiger partial charge on any atom is 0.169 e. The quantitative estimate of drug-likeness (QED) is 0.742. The molecule has 0 radical (unpaired) electrons. The van der Waals surface area contributed by atoms with E-state index < -0.39 is 0 Å². The third kappa shape index (κ3) is 3.05. The highest BCUT2D eigenvalue weighted by Crippen LogP contribution is 2.38. The third-order valence-corrected chi connectivity index (χ3v) is 3.67. The van der Waals surface area contributed by atoms with E-state index in [0.717, 1.165) is 12.8 Å². The molecule has 18 heavy (non-hydrogen) atoms. The normalized spacial score (nSPS) is 12.1. The summed E-state index contributed by atoms with van der Waals surface area (Å²) in [6, 6.07) is 3.54. The van der Waals surface area contributed by atoms with Crippen LogP contribution in [0, 0.1) is 5.92 Å². The van der Waals surface area contributed by atoms with E-state index in [4.69, 9.17) is 9.47 Å². The lowest BCUT2D eigenvalue weighted by Crippen LogP contribution is -2.12. The van der Waals surface area contributed by atoms with Crippen molar-refractivity contribution in [1.29, 1.82) is 0 Å². The van der Waals surface area contributed by atoms with Crippen LogP contribution in [0.4, 0.5) is 0 Å². The first kappa shape index (κ1) is 15.0. The van der Waals surface area contributed by atoms with Crippen molar-refractivity contribution in [1.82, 2.24) is 0 Å². The van der Waals surface area contributed by atoms with Gasteiger partial charge in [0.05, 0.1) is 19.8 Å². The van der Waals surface area contributed by atoms with Crippen molar-refractivity contribution in [3.63, 3.8) is 0 Å². The number of ether oxygens (including phenoxy) is 2. The zero-order chi connectivity index (χ0) is 13.7. The Hall–Kier alpha value is -1.03. The van der Waals surface area contributed by atoms with Crippen LogP contribution >= 0.6 is 15.9 Å². The molecule has 100 valence electrons. The molecule has 0 spiro atoms. The number of carbonyl (C=O) groups excluding carboxylic acids is 1. The largest absolute Gasteiger partial charge is 0.495 e. The van der Waals surface area contributed by atoms with Crippen molar-refractivity contribution in [2.24, 2.45) is 5.92 Å². The summed E-state index contributed by atoms with van der Waals surface area (Å²) in [4.78, 5) is 12.3. The van der Waals surface area contributed by atoms with Gasteiger partial charge in [0, 0.05) is 5.92 Å². The number of benzene rings is 1. The van der Waals surface area contributed by atoms with Crippen LogP contribution in [0.15, 0.2) is 16.6 Å². The summed E-state index contributed by atoms with van der Waals surface area (Å²) in [7, 11) is 3.14. The molecule has 0 fully saturated rings. The monoisotopic (exact) mass is 314 g/mol. The maximum absolute atomic E-state index is 12.3. The molecule has 0 aliphatic heterocycles. The fourth-order valence-electron chi connectivity index (χ4n) is 1.92. The first-order chi connectivity index (χ1) is 8.56. The van der Waals surface area contributed by atoms with Gasteiger partial charge >= 0.3 is 0 Å². The van der Waals surface area contributed by atoms with E-state index in [0.29, 0.717) is 21.5 Å². The van der Waals surface area contributed by atoms with Gasteiger partial charge in [0.25, 0.3) is 0 Å². The van der Waals surface area contributed by atoms with Crippen molar-refractivity contribution in [2.45, 2.75) is 26.7 Å². The molecule has 0 aromatic heterocycles. The smallest absolute Gasteiger partial charge is 0.169 e. The highest BCUT2D eigenvalue weighted by atomic mass is 79.9. The summed E-state index contributed by atoms with van der Waals surface area (Å²) in [5, 5.41) is 0. The zero-order valence-electron chi connectivity index (χ0n) is 11.2. The molecule has 4 heteroatoms. The standard InChI is InChI=1S/C14H19BrO3/c1-5-6-9(2)13(16)10-7-8-11(17-3)12(15)14(10)18-4/h7-9H,5-6H2,1-4H3. The molecule has 1 unspecified atom stereocenters. The summed E-state index contributed by atoms with van der Waals surface area (Å²) in [5.41, 5.74) is 0.603. The molecule has 0 bridgehead atoms. The summed E-state index contributed by atoms with van der Waals surface area (Å²) in [6.45, 7) is 4.02. The molecule has 0 amide bonds. The van der Waals surface area contributed by atoms with Crippen LogP contribution in [0.2, 0.25) is 0 Å². The second-order valence-corrected chi connectivity index (χ2v) is 5.01. The summed E-state index contributed by atoms with van der Waals surface area (Å²) < 4.78 is 11.2. The van der Waals surface area contributed by atoms with Gasteiger partial charge in [-0.05, 0) is 34.5 Å². The molecule has 0 aliphatic carbocycles. The van der Waals surface area contributed by atoms with E-state index in [2.05, 4.69) is 22.9 Å². The molecule has 0 saturated carbocycles. The lowest BCUT2D eigenvalue weighted by molar-refractivity contribution is 0.0920. The van der Waals surface area contributed by atoms with E-state index in [9.17, 15) is 4.79 Å². The van der Waals surface area contributed by atoms with Gasteiger partial charge in [0.15, 0.2) is 5.78 Å². The van der Waals surface area contributed by atoms with Crippen LogP contribution in [0.25, 0.3) is 0 Å². The molecule has 0 heterocycles. The second-order valence-electron chi connectivity index (χ2n) is 4.22. The van der Waals surface area contributed by atoms with Crippen LogP contribution in [-0.2, 0) is 0 Å². The fourth-order valence-corrected chi connectivity index (χ4v) is 2.59. The Bertz CT molecular complexity index is 429. The Labute approximate surface area is 117 Å². The van der Waals surface area contributed by atoms with Crippen LogP contribution in [0.3, 0.4) is 0 Å². The highest BCUT2D eigenvalue weighted by molar-refractivity contribution is 9.10. The Morgan fingerprint density at radius 3 is 2.50 bits per heavy atom. The molecule has 1 aromatic rings. The van der Waals surface area contributed by atoms with Crippen LogP contribution in [0.1, 0.15) is 37.0 Å². The Balaban J connectivity index is 3.17. The molecular weight excluding hydrogens is 296 g/mol. The van der Waals surface area contributed by atoms with Gasteiger partial charge in [-0.2, -0.15) is 0 Å². The molecule has 0 saturated heterocycles. The molecule has 1 rings (SSSR count). The number of carbonyl (C=O) groups is 1. The van der Waals surface area contributed by atoms with Crippen molar-refractivity contribution >= 4 is 21.7 Å². The minimum Gasteiger partial charge on any atom is -0.495 e. The van der Waals surface area contributed by atoms with E-state index in [1.165, 1.54) is 0 Å². The van der Waals surface area contributed by atoms with E-state index in [-0.39, 0.29) is 11.7 Å². The zero-order valence-corrected chi connectivity index (χ0v) is 12.8. The second kappa shape index (κ2) is 6.78. The van der Waals surface area contributed by atoms with Gasteiger partial charge in [-0.15, -0.1) is 0 Å². The molecule has 0 aliphatic rings. The number of ketones is 1. The topological polar surface area (TPSA) is 35.5 Å². The average Bonchev–Trinajstić information content (AvgIpc) is 2.37. The Morgan fingerprint density at radius 2 is 2.00 bits per heavy atom. The molecule has 3 nitrogen and oxygen atoms in total. The lowest BCUT2D eigenvalue weighted by atomic mass is 9.94. The van der Waals surface area contributed by atoms with Crippen LogP contribution < -0.4 is 9.47 Å². The van der Waals surface area contributed by atoms with Gasteiger partial charge in [-0.3, -0.25) is 4.79 Å². The van der Waals surface area contributed by atoms with Gasteiger partial charge < -0.3 is 9.47 Å². The van der Waals surface area contributed by atoms with E-state index in [1.54, 1.807) is 26.4 Å². The number of Topliss-reactive ketones (excluding diaryl/α,β-unsaturated/α-hetero) is 1. The van der Waals surface area contributed by atoms with E-state index in [1.807, 2.05) is 6.92 Å². The van der Waals surface area contributed by atoms with Crippen LogP contribution in [-0.4, -0.2) is 20.0 Å². The SMILES string of the molecule is CCCC(C)C(=O)c1ccc(OC)c(Br)c1OC. The Morgan fingerprint density at radius 1 is 1.33 bits per heavy atom. The third-order valence-electron chi connectivity index (χ3n) is 2.92. The predicted molar refractivity (Wildman–Crippen MR) is 75.6 cm³/mol. The summed E-state index contributed by atoms with van der Waals surface area (Å²) >= 11 is 3.41. The molecule has 0 N–H and O–H groups in total. The van der Waals surface area contributed by atoms with Crippen LogP contribution in [0.5, 0.6) is 11.5 Å². The first-order valence-corrected chi connectivity index (χ1v) is 6.80. The lowest BCUT2D eigenvalue weighted by Gasteiger charge is -2.15. The summed E-state index contributed by atoms with van der Waals surface area (Å²) in [5.74, 6) is 1.31. The minimum atomic E-state index is 0.00388. The van der Waals surface area contributed by atoms with Gasteiger partial charge in [0.2, 0.25) is 0 Å². The predicted octanol–water partition coefficient (Wildman–Crippen LogP) is 4.09. The van der Waals surface area contributed by atoms with Gasteiger partial charge in [0.1, 0.15) is 16.0 Å². The number of methoxy groups -OCH3 is 2. The van der Waals surface area contributed by atoms with Crippen molar-refractivity contribution in [3.8, 4) is 11.5 Å². The van der Waals surface area contributed by atoms with Gasteiger partial charge in [-0.25, -0.2) is 0 Å². The summed E-state index contributed by atoms with van der Waals surface area (Å²) in [6.07, 6.45) is 1.87. The number of halogens is 1. The van der Waals surface area contributed by atoms with E-state index >= 15 is 0 Å². The maximum atomic E-state index is 12.3.